The van der Waals surface area contributed by atoms with Crippen LogP contribution in [0.3, 0.4) is 0 Å². The topological polar surface area (TPSA) is 88.6 Å². The van der Waals surface area contributed by atoms with Crippen molar-refractivity contribution in [3.05, 3.63) is 65.0 Å². The molecule has 1 aromatic heterocycles. The van der Waals surface area contributed by atoms with Gasteiger partial charge in [0.05, 0.1) is 6.61 Å². The van der Waals surface area contributed by atoms with Crippen LogP contribution < -0.4 is 4.74 Å². The summed E-state index contributed by atoms with van der Waals surface area (Å²) in [6.07, 6.45) is 8.50. The van der Waals surface area contributed by atoms with E-state index in [0.29, 0.717) is 17.5 Å². The van der Waals surface area contributed by atoms with Gasteiger partial charge in [-0.15, -0.1) is 0 Å². The lowest BCUT2D eigenvalue weighted by Gasteiger charge is -2.38. The summed E-state index contributed by atoms with van der Waals surface area (Å²) in [5, 5.41) is 22.8. The maximum Gasteiger partial charge on any atom is 0.226 e. The van der Waals surface area contributed by atoms with E-state index in [4.69, 9.17) is 14.4 Å². The highest BCUT2D eigenvalue weighted by atomic mass is 16.5. The highest BCUT2D eigenvalue weighted by molar-refractivity contribution is 5.61. The Morgan fingerprint density at radius 3 is 2.44 bits per heavy atom. The minimum atomic E-state index is -0.895. The fourth-order valence-electron chi connectivity index (χ4n) is 5.29. The van der Waals surface area contributed by atoms with Crippen LogP contribution in [0.15, 0.2) is 47.0 Å². The van der Waals surface area contributed by atoms with E-state index in [-0.39, 0.29) is 18.6 Å². The van der Waals surface area contributed by atoms with Crippen molar-refractivity contribution in [3.63, 3.8) is 0 Å². The molecule has 1 atom stereocenters. The average Bonchev–Trinajstić information content (AvgIpc) is 3.33. The first-order valence-corrected chi connectivity index (χ1v) is 12.4. The highest BCUT2D eigenvalue weighted by Crippen LogP contribution is 2.43. The Morgan fingerprint density at radius 1 is 1.06 bits per heavy atom. The average molecular weight is 465 g/mol. The van der Waals surface area contributed by atoms with Crippen molar-refractivity contribution in [1.29, 1.82) is 0 Å². The van der Waals surface area contributed by atoms with Crippen LogP contribution in [-0.2, 0) is 11.8 Å². The first kappa shape index (κ1) is 24.4. The summed E-state index contributed by atoms with van der Waals surface area (Å²) in [4.78, 5) is 4.67. The van der Waals surface area contributed by atoms with Crippen LogP contribution in [0.5, 0.6) is 5.75 Å². The molecule has 6 nitrogen and oxygen atoms in total. The standard InChI is InChI=1S/C28H36N2O4/c1-20-16-22(17-21(2)26(20)33-19-24(32)18-31)27-29-25(34-30-27)12-9-15-28(13-7-4-8-14-28)23-10-5-3-6-11-23/h3,5-6,10-11,16-17,24,31-32H,4,7-9,12-15,18-19H2,1-2H3/t24-/m0/s1. The molecule has 1 saturated carbocycles. The summed E-state index contributed by atoms with van der Waals surface area (Å²) in [7, 11) is 0. The quantitative estimate of drug-likeness (QED) is 0.423. The van der Waals surface area contributed by atoms with Gasteiger partial charge < -0.3 is 19.5 Å². The molecule has 1 aliphatic carbocycles. The minimum absolute atomic E-state index is 0.0500. The lowest BCUT2D eigenvalue weighted by Crippen LogP contribution is -2.29. The molecule has 1 fully saturated rings. The third-order valence-corrected chi connectivity index (χ3v) is 7.06. The molecule has 34 heavy (non-hydrogen) atoms. The van der Waals surface area contributed by atoms with Crippen LogP contribution in [0, 0.1) is 13.8 Å². The molecule has 0 saturated heterocycles. The Morgan fingerprint density at radius 2 is 1.76 bits per heavy atom. The Balaban J connectivity index is 1.41. The van der Waals surface area contributed by atoms with Crippen molar-refractivity contribution < 1.29 is 19.5 Å². The van der Waals surface area contributed by atoms with E-state index in [9.17, 15) is 5.11 Å². The molecular formula is C28H36N2O4. The van der Waals surface area contributed by atoms with Crippen molar-refractivity contribution >= 4 is 0 Å². The number of aliphatic hydroxyl groups excluding tert-OH is 2. The number of aliphatic hydroxyl groups is 2. The fourth-order valence-corrected chi connectivity index (χ4v) is 5.29. The Kier molecular flexibility index (Phi) is 8.01. The first-order chi connectivity index (χ1) is 16.5. The van der Waals surface area contributed by atoms with Crippen molar-refractivity contribution in [2.45, 2.75) is 76.7 Å². The molecule has 2 N–H and O–H groups in total. The number of benzene rings is 2. The van der Waals surface area contributed by atoms with E-state index in [0.717, 1.165) is 36.0 Å². The molecule has 182 valence electrons. The maximum atomic E-state index is 9.56. The predicted octanol–water partition coefficient (Wildman–Crippen LogP) is 5.31. The van der Waals surface area contributed by atoms with E-state index in [1.807, 2.05) is 26.0 Å². The van der Waals surface area contributed by atoms with Crippen LogP contribution in [0.1, 0.15) is 67.5 Å². The largest absolute Gasteiger partial charge is 0.490 e. The fraction of sp³-hybridized carbons (Fsp3) is 0.500. The summed E-state index contributed by atoms with van der Waals surface area (Å²) in [6.45, 7) is 3.62. The third kappa shape index (κ3) is 5.68. The number of aryl methyl sites for hydroxylation is 3. The normalized spacial score (nSPS) is 16.4. The summed E-state index contributed by atoms with van der Waals surface area (Å²) in [5.41, 5.74) is 4.48. The highest BCUT2D eigenvalue weighted by Gasteiger charge is 2.33. The molecule has 0 spiro atoms. The zero-order valence-corrected chi connectivity index (χ0v) is 20.3. The van der Waals surface area contributed by atoms with Gasteiger partial charge in [-0.2, -0.15) is 4.98 Å². The third-order valence-electron chi connectivity index (χ3n) is 7.06. The van der Waals surface area contributed by atoms with Crippen LogP contribution >= 0.6 is 0 Å². The van der Waals surface area contributed by atoms with Gasteiger partial charge in [0.25, 0.3) is 0 Å². The lowest BCUT2D eigenvalue weighted by molar-refractivity contribution is 0.0532. The Labute approximate surface area is 202 Å². The van der Waals surface area contributed by atoms with Gasteiger partial charge in [-0.1, -0.05) is 54.8 Å². The van der Waals surface area contributed by atoms with Crippen molar-refractivity contribution in [2.75, 3.05) is 13.2 Å². The van der Waals surface area contributed by atoms with Gasteiger partial charge in [0, 0.05) is 12.0 Å². The number of nitrogens with zero attached hydrogens (tertiary/aromatic N) is 2. The second-order valence-corrected chi connectivity index (χ2v) is 9.66. The molecule has 4 rings (SSSR count). The zero-order valence-electron chi connectivity index (χ0n) is 20.3. The van der Waals surface area contributed by atoms with Gasteiger partial charge in [-0.25, -0.2) is 0 Å². The smallest absolute Gasteiger partial charge is 0.226 e. The van der Waals surface area contributed by atoms with Gasteiger partial charge in [0.15, 0.2) is 0 Å². The number of ether oxygens (including phenoxy) is 1. The van der Waals surface area contributed by atoms with E-state index in [1.165, 1.54) is 37.7 Å². The molecule has 0 bridgehead atoms. The molecule has 0 amide bonds. The number of aromatic nitrogens is 2. The summed E-state index contributed by atoms with van der Waals surface area (Å²) in [6, 6.07) is 14.9. The summed E-state index contributed by atoms with van der Waals surface area (Å²) >= 11 is 0. The molecule has 3 aromatic rings. The van der Waals surface area contributed by atoms with Crippen molar-refractivity contribution in [1.82, 2.24) is 10.1 Å². The molecule has 0 radical (unpaired) electrons. The predicted molar refractivity (Wildman–Crippen MR) is 132 cm³/mol. The number of hydrogen-bond acceptors (Lipinski definition) is 6. The van der Waals surface area contributed by atoms with Crippen molar-refractivity contribution in [2.24, 2.45) is 0 Å². The maximum absolute atomic E-state index is 9.56. The summed E-state index contributed by atoms with van der Waals surface area (Å²) in [5.74, 6) is 1.97. The van der Waals surface area contributed by atoms with Gasteiger partial charge in [-0.3, -0.25) is 0 Å². The first-order valence-electron chi connectivity index (χ1n) is 12.4. The second-order valence-electron chi connectivity index (χ2n) is 9.66. The van der Waals surface area contributed by atoms with Gasteiger partial charge in [0.1, 0.15) is 18.5 Å². The molecule has 1 aliphatic rings. The molecular weight excluding hydrogens is 428 g/mol. The van der Waals surface area contributed by atoms with E-state index in [1.54, 1.807) is 0 Å². The van der Waals surface area contributed by atoms with Crippen LogP contribution in [0.4, 0.5) is 0 Å². The molecule has 1 heterocycles. The Bertz CT molecular complexity index is 1030. The SMILES string of the molecule is Cc1cc(-c2noc(CCCC3(c4ccccc4)CCCCC3)n2)cc(C)c1OC[C@@H](O)CO. The monoisotopic (exact) mass is 464 g/mol. The van der Waals surface area contributed by atoms with E-state index < -0.39 is 6.10 Å². The summed E-state index contributed by atoms with van der Waals surface area (Å²) < 4.78 is 11.3. The lowest BCUT2D eigenvalue weighted by atomic mass is 9.67. The molecule has 0 aliphatic heterocycles. The van der Waals surface area contributed by atoms with Crippen molar-refractivity contribution in [3.8, 4) is 17.1 Å². The van der Waals surface area contributed by atoms with Gasteiger partial charge in [-0.05, 0) is 73.8 Å². The number of hydrogen-bond donors (Lipinski definition) is 2. The Hall–Kier alpha value is -2.70. The minimum Gasteiger partial charge on any atom is -0.490 e. The van der Waals surface area contributed by atoms with Crippen LogP contribution in [-0.4, -0.2) is 39.7 Å². The van der Waals surface area contributed by atoms with E-state index >= 15 is 0 Å². The molecule has 6 heteroatoms. The van der Waals surface area contributed by atoms with Crippen LogP contribution in [0.2, 0.25) is 0 Å². The molecule has 0 unspecified atom stereocenters. The second kappa shape index (κ2) is 11.2. The van der Waals surface area contributed by atoms with E-state index in [2.05, 4.69) is 40.5 Å². The van der Waals surface area contributed by atoms with Crippen LogP contribution in [0.25, 0.3) is 11.4 Å². The number of rotatable bonds is 10. The van der Waals surface area contributed by atoms with Gasteiger partial charge >= 0.3 is 0 Å². The molecule has 2 aromatic carbocycles. The zero-order chi connectivity index (χ0) is 24.0. The van der Waals surface area contributed by atoms with Gasteiger partial charge in [0.2, 0.25) is 11.7 Å².